The molecule has 1 fully saturated rings. The molecule has 0 bridgehead atoms. The van der Waals surface area contributed by atoms with Crippen LogP contribution in [-0.4, -0.2) is 18.2 Å². The lowest BCUT2D eigenvalue weighted by atomic mass is 9.70. The molecule has 104 valence electrons. The third kappa shape index (κ3) is 3.34. The lowest BCUT2D eigenvalue weighted by molar-refractivity contribution is -0.151. The molecule has 0 amide bonds. The molecule has 1 aromatic rings. The molecule has 19 heavy (non-hydrogen) atoms. The summed E-state index contributed by atoms with van der Waals surface area (Å²) in [4.78, 5) is 12.0. The summed E-state index contributed by atoms with van der Waals surface area (Å²) in [5.41, 5.74) is -0.159. The Morgan fingerprint density at radius 2 is 2.11 bits per heavy atom. The van der Waals surface area contributed by atoms with E-state index >= 15 is 0 Å². The lowest BCUT2D eigenvalue weighted by Gasteiger charge is -2.37. The number of hydrogen-bond donors (Lipinski definition) is 0. The summed E-state index contributed by atoms with van der Waals surface area (Å²) in [7, 11) is 0. The fraction of sp³-hybridized carbons (Fsp3) is 0.562. The van der Waals surface area contributed by atoms with Crippen molar-refractivity contribution in [1.29, 1.82) is 0 Å². The van der Waals surface area contributed by atoms with E-state index in [0.717, 1.165) is 5.56 Å². The Morgan fingerprint density at radius 3 is 2.74 bits per heavy atom. The SMILES string of the molecule is CCOC(=O)[C@@H]1CCC(C)(F)C[C@H]1c1ccccc1. The summed E-state index contributed by atoms with van der Waals surface area (Å²) in [6.45, 7) is 3.81. The second-order valence-corrected chi connectivity index (χ2v) is 5.53. The van der Waals surface area contributed by atoms with Gasteiger partial charge in [0.1, 0.15) is 5.67 Å². The van der Waals surface area contributed by atoms with Crippen molar-refractivity contribution in [2.24, 2.45) is 5.92 Å². The molecule has 0 N–H and O–H groups in total. The molecular weight excluding hydrogens is 243 g/mol. The number of rotatable bonds is 3. The van der Waals surface area contributed by atoms with Gasteiger partial charge in [0, 0.05) is 5.92 Å². The zero-order valence-electron chi connectivity index (χ0n) is 11.6. The van der Waals surface area contributed by atoms with Crippen LogP contribution < -0.4 is 0 Å². The van der Waals surface area contributed by atoms with Crippen LogP contribution in [0.5, 0.6) is 0 Å². The topological polar surface area (TPSA) is 26.3 Å². The zero-order valence-corrected chi connectivity index (χ0v) is 11.6. The van der Waals surface area contributed by atoms with Crippen molar-refractivity contribution in [3.8, 4) is 0 Å². The van der Waals surface area contributed by atoms with Crippen molar-refractivity contribution < 1.29 is 13.9 Å². The Morgan fingerprint density at radius 1 is 1.42 bits per heavy atom. The smallest absolute Gasteiger partial charge is 0.309 e. The molecule has 3 atom stereocenters. The van der Waals surface area contributed by atoms with Gasteiger partial charge in [-0.05, 0) is 38.7 Å². The monoisotopic (exact) mass is 264 g/mol. The van der Waals surface area contributed by atoms with Gasteiger partial charge in [-0.1, -0.05) is 30.3 Å². The molecule has 0 saturated heterocycles. The first kappa shape index (κ1) is 14.0. The van der Waals surface area contributed by atoms with E-state index in [2.05, 4.69) is 0 Å². The molecule has 0 aromatic heterocycles. The van der Waals surface area contributed by atoms with Gasteiger partial charge in [-0.25, -0.2) is 4.39 Å². The molecule has 0 heterocycles. The van der Waals surface area contributed by atoms with E-state index in [1.807, 2.05) is 30.3 Å². The maximum atomic E-state index is 14.3. The highest BCUT2D eigenvalue weighted by Gasteiger charge is 2.42. The number of hydrogen-bond acceptors (Lipinski definition) is 2. The van der Waals surface area contributed by atoms with Crippen LogP contribution >= 0.6 is 0 Å². The van der Waals surface area contributed by atoms with Gasteiger partial charge in [-0.3, -0.25) is 4.79 Å². The number of carbonyl (C=O) groups excluding carboxylic acids is 1. The molecule has 2 rings (SSSR count). The Kier molecular flexibility index (Phi) is 4.23. The normalized spacial score (nSPS) is 30.9. The molecule has 1 unspecified atom stereocenters. The predicted octanol–water partition coefficient (Wildman–Crippen LogP) is 3.86. The molecule has 3 heteroatoms. The highest BCUT2D eigenvalue weighted by molar-refractivity contribution is 5.74. The van der Waals surface area contributed by atoms with E-state index in [1.54, 1.807) is 13.8 Å². The number of esters is 1. The Balaban J connectivity index is 2.24. The van der Waals surface area contributed by atoms with Crippen LogP contribution in [0.15, 0.2) is 30.3 Å². The van der Waals surface area contributed by atoms with Crippen molar-refractivity contribution in [1.82, 2.24) is 0 Å². The van der Waals surface area contributed by atoms with Crippen molar-refractivity contribution in [3.05, 3.63) is 35.9 Å². The third-order valence-corrected chi connectivity index (χ3v) is 3.92. The molecule has 0 aliphatic heterocycles. The van der Waals surface area contributed by atoms with Gasteiger partial charge in [0.25, 0.3) is 0 Å². The molecule has 0 spiro atoms. The molecule has 1 aromatic carbocycles. The van der Waals surface area contributed by atoms with E-state index in [9.17, 15) is 9.18 Å². The number of ether oxygens (including phenoxy) is 1. The van der Waals surface area contributed by atoms with Gasteiger partial charge in [0.05, 0.1) is 12.5 Å². The summed E-state index contributed by atoms with van der Waals surface area (Å²) < 4.78 is 19.4. The van der Waals surface area contributed by atoms with Crippen LogP contribution in [0.1, 0.15) is 44.6 Å². The molecule has 0 radical (unpaired) electrons. The molecular formula is C16H21FO2. The number of benzene rings is 1. The van der Waals surface area contributed by atoms with E-state index in [4.69, 9.17) is 4.74 Å². The minimum Gasteiger partial charge on any atom is -0.466 e. The average molecular weight is 264 g/mol. The van der Waals surface area contributed by atoms with Crippen LogP contribution in [-0.2, 0) is 9.53 Å². The predicted molar refractivity (Wildman–Crippen MR) is 72.7 cm³/mol. The van der Waals surface area contributed by atoms with Crippen molar-refractivity contribution in [2.45, 2.75) is 44.7 Å². The maximum Gasteiger partial charge on any atom is 0.309 e. The summed E-state index contributed by atoms with van der Waals surface area (Å²) in [6.07, 6.45) is 1.38. The average Bonchev–Trinajstić information content (AvgIpc) is 2.39. The Labute approximate surface area is 114 Å². The maximum absolute atomic E-state index is 14.3. The van der Waals surface area contributed by atoms with Crippen LogP contribution in [0, 0.1) is 5.92 Å². The Bertz CT molecular complexity index is 428. The summed E-state index contributed by atoms with van der Waals surface area (Å²) in [5.74, 6) is -0.484. The number of alkyl halides is 1. The zero-order chi connectivity index (χ0) is 13.9. The first-order valence-corrected chi connectivity index (χ1v) is 6.94. The standard InChI is InChI=1S/C16H21FO2/c1-3-19-15(18)13-9-10-16(2,17)11-14(13)12-7-5-4-6-8-12/h4-8,13-14H,3,9-11H2,1-2H3/t13-,14+,16?/m1/s1. The van der Waals surface area contributed by atoms with Gasteiger partial charge in [-0.15, -0.1) is 0 Å². The van der Waals surface area contributed by atoms with Crippen LogP contribution in [0.25, 0.3) is 0 Å². The van der Waals surface area contributed by atoms with Gasteiger partial charge in [-0.2, -0.15) is 0 Å². The highest BCUT2D eigenvalue weighted by atomic mass is 19.1. The Hall–Kier alpha value is -1.38. The second-order valence-electron chi connectivity index (χ2n) is 5.53. The molecule has 1 aliphatic carbocycles. The van der Waals surface area contributed by atoms with Gasteiger partial charge >= 0.3 is 5.97 Å². The summed E-state index contributed by atoms with van der Waals surface area (Å²) in [6, 6.07) is 9.74. The van der Waals surface area contributed by atoms with Gasteiger partial charge < -0.3 is 4.74 Å². The first-order valence-electron chi connectivity index (χ1n) is 6.94. The van der Waals surface area contributed by atoms with E-state index in [0.29, 0.717) is 25.9 Å². The second kappa shape index (κ2) is 5.72. The van der Waals surface area contributed by atoms with Gasteiger partial charge in [0.2, 0.25) is 0 Å². The first-order chi connectivity index (χ1) is 9.03. The summed E-state index contributed by atoms with van der Waals surface area (Å²) in [5, 5.41) is 0. The molecule has 1 aliphatic rings. The highest BCUT2D eigenvalue weighted by Crippen LogP contribution is 2.44. The van der Waals surface area contributed by atoms with Crippen molar-refractivity contribution >= 4 is 5.97 Å². The quantitative estimate of drug-likeness (QED) is 0.775. The summed E-state index contributed by atoms with van der Waals surface area (Å²) >= 11 is 0. The van der Waals surface area contributed by atoms with E-state index in [-0.39, 0.29) is 17.8 Å². The van der Waals surface area contributed by atoms with Gasteiger partial charge in [0.15, 0.2) is 0 Å². The van der Waals surface area contributed by atoms with Crippen LogP contribution in [0.4, 0.5) is 4.39 Å². The third-order valence-electron chi connectivity index (χ3n) is 3.92. The fourth-order valence-corrected chi connectivity index (χ4v) is 2.94. The molecule has 1 saturated carbocycles. The van der Waals surface area contributed by atoms with E-state index < -0.39 is 5.67 Å². The largest absolute Gasteiger partial charge is 0.466 e. The van der Waals surface area contributed by atoms with E-state index in [1.165, 1.54) is 0 Å². The van der Waals surface area contributed by atoms with Crippen LogP contribution in [0.2, 0.25) is 0 Å². The minimum atomic E-state index is -1.19. The van der Waals surface area contributed by atoms with Crippen LogP contribution in [0.3, 0.4) is 0 Å². The molecule has 2 nitrogen and oxygen atoms in total. The number of halogens is 1. The van der Waals surface area contributed by atoms with Crippen molar-refractivity contribution in [2.75, 3.05) is 6.61 Å². The minimum absolute atomic E-state index is 0.0796. The fourth-order valence-electron chi connectivity index (χ4n) is 2.94. The lowest BCUT2D eigenvalue weighted by Crippen LogP contribution is -2.36. The van der Waals surface area contributed by atoms with Crippen molar-refractivity contribution in [3.63, 3.8) is 0 Å². The number of carbonyl (C=O) groups is 1.